The lowest BCUT2D eigenvalue weighted by atomic mass is 9.87. The first-order chi connectivity index (χ1) is 15.3. The summed E-state index contributed by atoms with van der Waals surface area (Å²) < 4.78 is 6.63. The third kappa shape index (κ3) is 5.29. The Morgan fingerprint density at radius 2 is 1.91 bits per heavy atom. The molecule has 0 radical (unpaired) electrons. The van der Waals surface area contributed by atoms with Crippen molar-refractivity contribution >= 4 is 11.9 Å². The second kappa shape index (κ2) is 10.3. The molecular formula is C20H24N4O8. The number of carboxylic acids is 1. The summed E-state index contributed by atoms with van der Waals surface area (Å²) in [6.07, 6.45) is -1.82. The average molecular weight is 448 g/mol. The SMILES string of the molecule is O=C(Cn1cc(-c2ccccc2)nn1)N[C@@H]1C(O)C=C(C(=O)O)OC1C(CO)C(O)CO. The minimum Gasteiger partial charge on any atom is -0.481 e. The highest BCUT2D eigenvalue weighted by Crippen LogP contribution is 2.26. The van der Waals surface area contributed by atoms with Crippen LogP contribution in [0, 0.1) is 5.92 Å². The molecule has 0 bridgehead atoms. The van der Waals surface area contributed by atoms with Crippen molar-refractivity contribution in [2.24, 2.45) is 5.92 Å². The number of benzene rings is 1. The highest BCUT2D eigenvalue weighted by Gasteiger charge is 2.43. The number of amides is 1. The Labute approximate surface area is 182 Å². The van der Waals surface area contributed by atoms with Gasteiger partial charge in [-0.1, -0.05) is 35.5 Å². The molecule has 1 aromatic heterocycles. The predicted octanol–water partition coefficient (Wildman–Crippen LogP) is -1.88. The molecule has 0 fully saturated rings. The second-order valence-corrected chi connectivity index (χ2v) is 7.27. The Bertz CT molecular complexity index is 964. The number of nitrogens with one attached hydrogen (secondary N) is 1. The van der Waals surface area contributed by atoms with Gasteiger partial charge in [0, 0.05) is 11.5 Å². The van der Waals surface area contributed by atoms with E-state index in [1.54, 1.807) is 6.20 Å². The van der Waals surface area contributed by atoms with E-state index >= 15 is 0 Å². The van der Waals surface area contributed by atoms with Crippen LogP contribution in [-0.4, -0.2) is 90.0 Å². The summed E-state index contributed by atoms with van der Waals surface area (Å²) in [5, 5.41) is 59.0. The van der Waals surface area contributed by atoms with Crippen molar-refractivity contribution in [2.45, 2.75) is 30.9 Å². The molecule has 1 amide bonds. The molecule has 2 heterocycles. The summed E-state index contributed by atoms with van der Waals surface area (Å²) in [6.45, 7) is -1.70. The summed E-state index contributed by atoms with van der Waals surface area (Å²) in [6, 6.07) is 7.99. The van der Waals surface area contributed by atoms with Gasteiger partial charge in [-0.25, -0.2) is 9.48 Å². The van der Waals surface area contributed by atoms with Crippen LogP contribution in [-0.2, 0) is 20.9 Å². The summed E-state index contributed by atoms with van der Waals surface area (Å²) in [5.74, 6) is -3.85. The largest absolute Gasteiger partial charge is 0.481 e. The zero-order valence-electron chi connectivity index (χ0n) is 16.9. The molecule has 4 unspecified atom stereocenters. The van der Waals surface area contributed by atoms with Crippen LogP contribution in [0.25, 0.3) is 11.3 Å². The molecule has 5 atom stereocenters. The van der Waals surface area contributed by atoms with Crippen LogP contribution in [0.15, 0.2) is 48.4 Å². The van der Waals surface area contributed by atoms with E-state index < -0.39 is 61.1 Å². The van der Waals surface area contributed by atoms with Crippen molar-refractivity contribution in [1.29, 1.82) is 0 Å². The molecule has 0 saturated carbocycles. The molecule has 2 aromatic rings. The maximum Gasteiger partial charge on any atom is 0.370 e. The number of hydrogen-bond acceptors (Lipinski definition) is 9. The number of rotatable bonds is 9. The van der Waals surface area contributed by atoms with Gasteiger partial charge in [-0.05, 0) is 6.08 Å². The van der Waals surface area contributed by atoms with E-state index in [4.69, 9.17) is 4.74 Å². The highest BCUT2D eigenvalue weighted by molar-refractivity contribution is 5.84. The topological polar surface area (TPSA) is 187 Å². The van der Waals surface area contributed by atoms with Crippen LogP contribution < -0.4 is 5.32 Å². The number of aromatic nitrogens is 3. The van der Waals surface area contributed by atoms with Gasteiger partial charge in [-0.2, -0.15) is 0 Å². The number of aliphatic hydroxyl groups is 4. The van der Waals surface area contributed by atoms with Gasteiger partial charge in [0.25, 0.3) is 0 Å². The first-order valence-electron chi connectivity index (χ1n) is 9.78. The van der Waals surface area contributed by atoms with Crippen LogP contribution in [0.4, 0.5) is 0 Å². The van der Waals surface area contributed by atoms with Gasteiger partial charge in [-0.3, -0.25) is 4.79 Å². The molecular weight excluding hydrogens is 424 g/mol. The zero-order chi connectivity index (χ0) is 23.3. The van der Waals surface area contributed by atoms with Crippen LogP contribution >= 0.6 is 0 Å². The summed E-state index contributed by atoms with van der Waals surface area (Å²) >= 11 is 0. The van der Waals surface area contributed by atoms with E-state index in [0.29, 0.717) is 5.69 Å². The van der Waals surface area contributed by atoms with Gasteiger partial charge in [0.05, 0.1) is 37.7 Å². The number of carboxylic acid groups (broad SMARTS) is 1. The molecule has 0 spiro atoms. The summed E-state index contributed by atoms with van der Waals surface area (Å²) in [4.78, 5) is 23.9. The molecule has 6 N–H and O–H groups in total. The number of hydrogen-bond donors (Lipinski definition) is 6. The Balaban J connectivity index is 1.76. The van der Waals surface area contributed by atoms with E-state index in [1.807, 2.05) is 30.3 Å². The molecule has 32 heavy (non-hydrogen) atoms. The molecule has 12 nitrogen and oxygen atoms in total. The minimum atomic E-state index is -1.49. The summed E-state index contributed by atoms with van der Waals surface area (Å²) in [7, 11) is 0. The van der Waals surface area contributed by atoms with Crippen molar-refractivity contribution in [3.05, 3.63) is 48.4 Å². The highest BCUT2D eigenvalue weighted by atomic mass is 16.5. The lowest BCUT2D eigenvalue weighted by Crippen LogP contribution is -2.59. The molecule has 3 rings (SSSR count). The van der Waals surface area contributed by atoms with Crippen molar-refractivity contribution in [1.82, 2.24) is 20.3 Å². The third-order valence-corrected chi connectivity index (χ3v) is 5.07. The number of aliphatic hydroxyl groups excluding tert-OH is 4. The van der Waals surface area contributed by atoms with Gasteiger partial charge in [0.2, 0.25) is 11.7 Å². The quantitative estimate of drug-likeness (QED) is 0.253. The number of nitrogens with zero attached hydrogens (tertiary/aromatic N) is 3. The van der Waals surface area contributed by atoms with E-state index in [1.165, 1.54) is 4.68 Å². The lowest BCUT2D eigenvalue weighted by Gasteiger charge is -2.39. The molecule has 172 valence electrons. The van der Waals surface area contributed by atoms with E-state index in [9.17, 15) is 35.1 Å². The molecule has 12 heteroatoms. The first-order valence-corrected chi connectivity index (χ1v) is 9.78. The fraction of sp³-hybridized carbons (Fsp3) is 0.400. The third-order valence-electron chi connectivity index (χ3n) is 5.07. The Hall–Kier alpha value is -3.32. The number of carbonyl (C=O) groups excluding carboxylic acids is 1. The molecule has 0 aliphatic carbocycles. The minimum absolute atomic E-state index is 0.266. The van der Waals surface area contributed by atoms with Crippen molar-refractivity contribution in [2.75, 3.05) is 13.2 Å². The smallest absolute Gasteiger partial charge is 0.370 e. The van der Waals surface area contributed by atoms with Crippen molar-refractivity contribution in [3.8, 4) is 11.3 Å². The normalized spacial score (nSPS) is 22.4. The Kier molecular flexibility index (Phi) is 7.53. The van der Waals surface area contributed by atoms with Gasteiger partial charge in [0.1, 0.15) is 18.3 Å². The Morgan fingerprint density at radius 1 is 1.19 bits per heavy atom. The van der Waals surface area contributed by atoms with Gasteiger partial charge in [0.15, 0.2) is 0 Å². The van der Waals surface area contributed by atoms with Gasteiger partial charge in [-0.15, -0.1) is 5.10 Å². The molecule has 1 aromatic carbocycles. The molecule has 0 saturated heterocycles. The standard InChI is InChI=1S/C20H24N4O8/c25-9-12(15(28)10-26)19-18(14(27)6-16(32-19)20(30)31)21-17(29)8-24-7-13(22-23-24)11-4-2-1-3-5-11/h1-7,12,14-15,18-19,25-28H,8-10H2,(H,21,29)(H,30,31)/t12?,14?,15?,18-,19?/m1/s1. The number of ether oxygens (including phenoxy) is 1. The monoisotopic (exact) mass is 448 g/mol. The fourth-order valence-corrected chi connectivity index (χ4v) is 3.43. The Morgan fingerprint density at radius 3 is 2.53 bits per heavy atom. The van der Waals surface area contributed by atoms with Crippen molar-refractivity contribution in [3.63, 3.8) is 0 Å². The molecule has 1 aliphatic heterocycles. The van der Waals surface area contributed by atoms with Crippen LogP contribution in [0.2, 0.25) is 0 Å². The van der Waals surface area contributed by atoms with Crippen molar-refractivity contribution < 1.29 is 39.9 Å². The lowest BCUT2D eigenvalue weighted by molar-refractivity contribution is -0.145. The van der Waals surface area contributed by atoms with E-state index in [-0.39, 0.29) is 6.54 Å². The van der Waals surface area contributed by atoms with Gasteiger partial charge < -0.3 is 35.6 Å². The van der Waals surface area contributed by atoms with E-state index in [0.717, 1.165) is 11.6 Å². The second-order valence-electron chi connectivity index (χ2n) is 7.27. The summed E-state index contributed by atoms with van der Waals surface area (Å²) in [5.41, 5.74) is 1.36. The molecule has 1 aliphatic rings. The van der Waals surface area contributed by atoms with Crippen LogP contribution in [0.1, 0.15) is 0 Å². The van der Waals surface area contributed by atoms with Crippen LogP contribution in [0.5, 0.6) is 0 Å². The maximum absolute atomic E-state index is 12.6. The fourth-order valence-electron chi connectivity index (χ4n) is 3.43. The van der Waals surface area contributed by atoms with Gasteiger partial charge >= 0.3 is 5.97 Å². The maximum atomic E-state index is 12.6. The van der Waals surface area contributed by atoms with Crippen LogP contribution in [0.3, 0.4) is 0 Å². The number of carbonyl (C=O) groups is 2. The predicted molar refractivity (Wildman–Crippen MR) is 108 cm³/mol. The van der Waals surface area contributed by atoms with E-state index in [2.05, 4.69) is 15.6 Å². The first kappa shape index (κ1) is 23.3. The average Bonchev–Trinajstić information content (AvgIpc) is 3.24. The number of aliphatic carboxylic acids is 1. The zero-order valence-corrected chi connectivity index (χ0v) is 16.9.